The van der Waals surface area contributed by atoms with Crippen LogP contribution in [0.3, 0.4) is 0 Å². The van der Waals surface area contributed by atoms with Gasteiger partial charge in [-0.2, -0.15) is 0 Å². The third-order valence-electron chi connectivity index (χ3n) is 7.88. The molecule has 2 aromatic carbocycles. The van der Waals surface area contributed by atoms with E-state index in [1.165, 1.54) is 16.8 Å². The summed E-state index contributed by atoms with van der Waals surface area (Å²) in [4.78, 5) is 17.8. The Labute approximate surface area is 210 Å². The first-order valence-electron chi connectivity index (χ1n) is 12.7. The van der Waals surface area contributed by atoms with Crippen molar-refractivity contribution in [2.45, 2.75) is 58.8 Å². The van der Waals surface area contributed by atoms with Crippen LogP contribution in [-0.4, -0.2) is 50.2 Å². The maximum Gasteiger partial charge on any atom is 0.253 e. The number of ether oxygens (including phenoxy) is 1. The second-order valence-electron chi connectivity index (χ2n) is 10.8. The lowest BCUT2D eigenvalue weighted by Gasteiger charge is -2.43. The molecule has 2 fully saturated rings. The Balaban J connectivity index is 1.50. The number of benzene rings is 2. The lowest BCUT2D eigenvalue weighted by atomic mass is 9.69. The van der Waals surface area contributed by atoms with E-state index in [1.807, 2.05) is 23.1 Å². The highest BCUT2D eigenvalue weighted by molar-refractivity contribution is 6.31. The summed E-state index contributed by atoms with van der Waals surface area (Å²) in [6.07, 6.45) is 2.16. The Bertz CT molecular complexity index is 1030. The SMILES string of the molecule is Cc1cc(N2CCOCC2)ccc1C(C)(C)C1CCCN(C(=O)c2ccc(C(C)C)c(Cl)c2)C1. The van der Waals surface area contributed by atoms with E-state index in [4.69, 9.17) is 16.3 Å². The molecule has 0 saturated carbocycles. The van der Waals surface area contributed by atoms with Crippen molar-refractivity contribution in [3.63, 3.8) is 0 Å². The van der Waals surface area contributed by atoms with Crippen molar-refractivity contribution in [3.05, 3.63) is 63.7 Å². The molecule has 0 aromatic heterocycles. The van der Waals surface area contributed by atoms with E-state index < -0.39 is 0 Å². The largest absolute Gasteiger partial charge is 0.378 e. The van der Waals surface area contributed by atoms with Gasteiger partial charge in [0.25, 0.3) is 5.91 Å². The molecular formula is C29H39ClN2O2. The molecule has 1 amide bonds. The van der Waals surface area contributed by atoms with Gasteiger partial charge < -0.3 is 14.5 Å². The number of amides is 1. The molecule has 2 aromatic rings. The number of morpholine rings is 1. The van der Waals surface area contributed by atoms with E-state index in [9.17, 15) is 4.79 Å². The van der Waals surface area contributed by atoms with Crippen LogP contribution in [0.4, 0.5) is 5.69 Å². The molecule has 0 bridgehead atoms. The molecule has 4 nitrogen and oxygen atoms in total. The Kier molecular flexibility index (Phi) is 7.59. The predicted octanol–water partition coefficient (Wildman–Crippen LogP) is 6.44. The maximum atomic E-state index is 13.4. The van der Waals surface area contributed by atoms with Crippen molar-refractivity contribution >= 4 is 23.2 Å². The van der Waals surface area contributed by atoms with Crippen LogP contribution in [0.25, 0.3) is 0 Å². The Morgan fingerprint density at radius 1 is 1.09 bits per heavy atom. The standard InChI is InChI=1S/C29H39ClN2O2/c1-20(2)25-10-8-22(18-27(25)30)28(33)32-12-6-7-23(19-32)29(4,5)26-11-9-24(17-21(26)3)31-13-15-34-16-14-31/h8-11,17-18,20,23H,6-7,12-16,19H2,1-5H3. The van der Waals surface area contributed by atoms with Crippen molar-refractivity contribution < 1.29 is 9.53 Å². The lowest BCUT2D eigenvalue weighted by Crippen LogP contribution is -2.46. The van der Waals surface area contributed by atoms with Crippen LogP contribution in [-0.2, 0) is 10.2 Å². The van der Waals surface area contributed by atoms with Crippen molar-refractivity contribution in [2.24, 2.45) is 5.92 Å². The number of hydrogen-bond acceptors (Lipinski definition) is 3. The Morgan fingerprint density at radius 3 is 2.47 bits per heavy atom. The third kappa shape index (κ3) is 5.13. The second-order valence-corrected chi connectivity index (χ2v) is 11.2. The maximum absolute atomic E-state index is 13.4. The van der Waals surface area contributed by atoms with Gasteiger partial charge >= 0.3 is 0 Å². The van der Waals surface area contributed by atoms with Crippen LogP contribution < -0.4 is 4.90 Å². The molecule has 5 heteroatoms. The molecule has 184 valence electrons. The number of piperidine rings is 1. The molecule has 0 aliphatic carbocycles. The summed E-state index contributed by atoms with van der Waals surface area (Å²) in [5.74, 6) is 0.843. The summed E-state index contributed by atoms with van der Waals surface area (Å²) in [5.41, 5.74) is 5.75. The zero-order valence-corrected chi connectivity index (χ0v) is 22.1. The number of halogens is 1. The first-order valence-corrected chi connectivity index (χ1v) is 13.1. The van der Waals surface area contributed by atoms with Crippen molar-refractivity contribution in [1.29, 1.82) is 0 Å². The summed E-state index contributed by atoms with van der Waals surface area (Å²) in [6, 6.07) is 12.7. The highest BCUT2D eigenvalue weighted by Crippen LogP contribution is 2.40. The van der Waals surface area contributed by atoms with Crippen molar-refractivity contribution in [2.75, 3.05) is 44.3 Å². The molecule has 0 radical (unpaired) electrons. The van der Waals surface area contributed by atoms with Gasteiger partial charge in [0, 0.05) is 42.5 Å². The summed E-state index contributed by atoms with van der Waals surface area (Å²) in [6.45, 7) is 16.2. The number of carbonyl (C=O) groups excluding carboxylic acids is 1. The molecule has 2 heterocycles. The molecule has 1 atom stereocenters. The van der Waals surface area contributed by atoms with E-state index >= 15 is 0 Å². The number of anilines is 1. The fraction of sp³-hybridized carbons (Fsp3) is 0.552. The van der Waals surface area contributed by atoms with E-state index in [1.54, 1.807) is 0 Å². The lowest BCUT2D eigenvalue weighted by molar-refractivity contribution is 0.0617. The van der Waals surface area contributed by atoms with Gasteiger partial charge in [-0.3, -0.25) is 4.79 Å². The molecule has 2 saturated heterocycles. The van der Waals surface area contributed by atoms with E-state index in [0.717, 1.165) is 57.8 Å². The van der Waals surface area contributed by atoms with Gasteiger partial charge in [-0.1, -0.05) is 51.4 Å². The van der Waals surface area contributed by atoms with E-state index in [0.29, 0.717) is 22.4 Å². The quantitative estimate of drug-likeness (QED) is 0.491. The molecule has 0 spiro atoms. The average molecular weight is 483 g/mol. The number of hydrogen-bond donors (Lipinski definition) is 0. The highest BCUT2D eigenvalue weighted by atomic mass is 35.5. The highest BCUT2D eigenvalue weighted by Gasteiger charge is 2.37. The van der Waals surface area contributed by atoms with Crippen molar-refractivity contribution in [1.82, 2.24) is 4.90 Å². The molecule has 2 aliphatic heterocycles. The smallest absolute Gasteiger partial charge is 0.253 e. The van der Waals surface area contributed by atoms with Crippen LogP contribution in [0.1, 0.15) is 73.5 Å². The molecular weight excluding hydrogens is 444 g/mol. The number of likely N-dealkylation sites (tertiary alicyclic amines) is 1. The minimum Gasteiger partial charge on any atom is -0.378 e. The van der Waals surface area contributed by atoms with Gasteiger partial charge in [0.1, 0.15) is 0 Å². The Morgan fingerprint density at radius 2 is 1.82 bits per heavy atom. The second kappa shape index (κ2) is 10.3. The molecule has 0 N–H and O–H groups in total. The fourth-order valence-corrected chi connectivity index (χ4v) is 6.07. The first kappa shape index (κ1) is 25.1. The van der Waals surface area contributed by atoms with Crippen LogP contribution in [0, 0.1) is 12.8 Å². The molecule has 2 aliphatic rings. The topological polar surface area (TPSA) is 32.8 Å². The van der Waals surface area contributed by atoms with Gasteiger partial charge in [-0.15, -0.1) is 0 Å². The summed E-state index contributed by atoms with van der Waals surface area (Å²) in [5, 5.41) is 0.686. The van der Waals surface area contributed by atoms with Crippen LogP contribution in [0.15, 0.2) is 36.4 Å². The van der Waals surface area contributed by atoms with E-state index in [-0.39, 0.29) is 11.3 Å². The fourth-order valence-electron chi connectivity index (χ4n) is 5.67. The van der Waals surface area contributed by atoms with E-state index in [2.05, 4.69) is 57.7 Å². The predicted molar refractivity (Wildman–Crippen MR) is 141 cm³/mol. The number of aryl methyl sites for hydroxylation is 1. The summed E-state index contributed by atoms with van der Waals surface area (Å²) >= 11 is 6.49. The number of carbonyl (C=O) groups is 1. The third-order valence-corrected chi connectivity index (χ3v) is 8.21. The van der Waals surface area contributed by atoms with Crippen LogP contribution in [0.5, 0.6) is 0 Å². The Hall–Kier alpha value is -2.04. The number of nitrogens with zero attached hydrogens (tertiary/aromatic N) is 2. The van der Waals surface area contributed by atoms with Gasteiger partial charge in [-0.25, -0.2) is 0 Å². The number of rotatable bonds is 5. The van der Waals surface area contributed by atoms with Gasteiger partial charge in [0.15, 0.2) is 0 Å². The minimum atomic E-state index is -0.0221. The van der Waals surface area contributed by atoms with Crippen LogP contribution in [0.2, 0.25) is 5.02 Å². The monoisotopic (exact) mass is 482 g/mol. The zero-order chi connectivity index (χ0) is 24.5. The van der Waals surface area contributed by atoms with Crippen molar-refractivity contribution in [3.8, 4) is 0 Å². The van der Waals surface area contributed by atoms with Crippen LogP contribution >= 0.6 is 11.6 Å². The molecule has 34 heavy (non-hydrogen) atoms. The van der Waals surface area contributed by atoms with Gasteiger partial charge in [0.05, 0.1) is 13.2 Å². The first-order chi connectivity index (χ1) is 16.2. The summed E-state index contributed by atoms with van der Waals surface area (Å²) < 4.78 is 5.51. The molecule has 4 rings (SSSR count). The van der Waals surface area contributed by atoms with Gasteiger partial charge in [-0.05, 0) is 78.0 Å². The minimum absolute atomic E-state index is 0.0221. The van der Waals surface area contributed by atoms with Gasteiger partial charge in [0.2, 0.25) is 0 Å². The zero-order valence-electron chi connectivity index (χ0n) is 21.4. The summed E-state index contributed by atoms with van der Waals surface area (Å²) in [7, 11) is 0. The normalized spacial score (nSPS) is 19.6. The molecule has 1 unspecified atom stereocenters. The average Bonchev–Trinajstić information content (AvgIpc) is 2.83.